The first kappa shape index (κ1) is 27.3. The van der Waals surface area contributed by atoms with Crippen molar-refractivity contribution in [3.63, 3.8) is 0 Å². The van der Waals surface area contributed by atoms with Gasteiger partial charge in [-0.1, -0.05) is 44.0 Å². The summed E-state index contributed by atoms with van der Waals surface area (Å²) in [5.41, 5.74) is 4.48. The normalized spacial score (nSPS) is 11.2. The molecule has 0 atom stereocenters. The molecule has 7 nitrogen and oxygen atoms in total. The zero-order chi connectivity index (χ0) is 26.1. The largest absolute Gasteiger partial charge is 0.505 e. The van der Waals surface area contributed by atoms with Gasteiger partial charge in [-0.25, -0.2) is 4.68 Å². The molecule has 7 heteroatoms. The number of benzene rings is 2. The van der Waals surface area contributed by atoms with Crippen molar-refractivity contribution in [3.05, 3.63) is 70.5 Å². The number of rotatable bonds is 13. The Bertz CT molecular complexity index is 1170. The Morgan fingerprint density at radius 1 is 0.833 bits per heavy atom. The monoisotopic (exact) mass is 491 g/mol. The molecule has 0 aliphatic heterocycles. The number of para-hydroxylation sites is 2. The lowest BCUT2D eigenvalue weighted by Gasteiger charge is -2.24. The molecule has 3 aromatic rings. The fourth-order valence-electron chi connectivity index (χ4n) is 4.47. The minimum Gasteiger partial charge on any atom is -0.505 e. The Balaban J connectivity index is 1.51. The third-order valence-corrected chi connectivity index (χ3v) is 6.55. The summed E-state index contributed by atoms with van der Waals surface area (Å²) in [6, 6.07) is 17.4. The number of aromatic nitrogens is 2. The second kappa shape index (κ2) is 13.1. The standard InChI is InChI=1S/C29H41N5O2/c1-6-33(22-23-14-9-10-16-26(23)31(2)3)20-11-7-8-12-21-34-28(35)19-18-25(30-34)24-15-13-17-27(29(24)36)32(4)5/h9-10,13-19,36H,6-8,11-12,20-22H2,1-5H3. The molecule has 1 N–H and O–H groups in total. The fraction of sp³-hybridized carbons (Fsp3) is 0.448. The van der Waals surface area contributed by atoms with Gasteiger partial charge in [0.1, 0.15) is 5.75 Å². The molecule has 0 fully saturated rings. The van der Waals surface area contributed by atoms with Crippen molar-refractivity contribution < 1.29 is 5.11 Å². The van der Waals surface area contributed by atoms with Gasteiger partial charge in [-0.3, -0.25) is 9.69 Å². The van der Waals surface area contributed by atoms with Crippen LogP contribution in [-0.2, 0) is 13.1 Å². The van der Waals surface area contributed by atoms with Crippen LogP contribution in [0, 0.1) is 0 Å². The summed E-state index contributed by atoms with van der Waals surface area (Å²) in [4.78, 5) is 18.9. The quantitative estimate of drug-likeness (QED) is 0.346. The number of anilines is 2. The minimum absolute atomic E-state index is 0.112. The Morgan fingerprint density at radius 3 is 2.25 bits per heavy atom. The van der Waals surface area contributed by atoms with Gasteiger partial charge < -0.3 is 14.9 Å². The molecule has 3 rings (SSSR count). The summed E-state index contributed by atoms with van der Waals surface area (Å²) in [7, 11) is 7.95. The number of aryl methyl sites for hydroxylation is 1. The lowest BCUT2D eigenvalue weighted by molar-refractivity contribution is 0.272. The highest BCUT2D eigenvalue weighted by Crippen LogP contribution is 2.35. The average molecular weight is 492 g/mol. The minimum atomic E-state index is -0.112. The van der Waals surface area contributed by atoms with Crippen molar-refractivity contribution in [2.75, 3.05) is 51.1 Å². The third-order valence-electron chi connectivity index (χ3n) is 6.55. The second-order valence-electron chi connectivity index (χ2n) is 9.65. The highest BCUT2D eigenvalue weighted by molar-refractivity contribution is 5.75. The number of unbranched alkanes of at least 4 members (excludes halogenated alkanes) is 3. The lowest BCUT2D eigenvalue weighted by atomic mass is 10.1. The predicted octanol–water partition coefficient (Wildman–Crippen LogP) is 4.83. The second-order valence-corrected chi connectivity index (χ2v) is 9.65. The van der Waals surface area contributed by atoms with E-state index in [0.29, 0.717) is 17.8 Å². The van der Waals surface area contributed by atoms with Crippen molar-refractivity contribution in [3.8, 4) is 17.0 Å². The molecule has 0 aliphatic rings. The Hall–Kier alpha value is -3.32. The smallest absolute Gasteiger partial charge is 0.266 e. The number of aromatic hydroxyl groups is 1. The average Bonchev–Trinajstić information content (AvgIpc) is 2.86. The van der Waals surface area contributed by atoms with E-state index in [0.717, 1.165) is 51.0 Å². The van der Waals surface area contributed by atoms with E-state index in [9.17, 15) is 9.90 Å². The summed E-state index contributed by atoms with van der Waals surface area (Å²) in [5, 5.41) is 15.2. The van der Waals surface area contributed by atoms with Crippen LogP contribution in [0.3, 0.4) is 0 Å². The Morgan fingerprint density at radius 2 is 1.53 bits per heavy atom. The molecule has 0 spiro atoms. The molecule has 0 saturated carbocycles. The van der Waals surface area contributed by atoms with Gasteiger partial charge in [0.25, 0.3) is 5.56 Å². The number of hydrogen-bond donors (Lipinski definition) is 1. The van der Waals surface area contributed by atoms with Gasteiger partial charge in [0, 0.05) is 58.6 Å². The summed E-state index contributed by atoms with van der Waals surface area (Å²) in [6.07, 6.45) is 4.19. The van der Waals surface area contributed by atoms with Crippen molar-refractivity contribution >= 4 is 11.4 Å². The summed E-state index contributed by atoms with van der Waals surface area (Å²) >= 11 is 0. The van der Waals surface area contributed by atoms with E-state index in [1.165, 1.54) is 22.0 Å². The van der Waals surface area contributed by atoms with Crippen LogP contribution in [0.5, 0.6) is 5.75 Å². The lowest BCUT2D eigenvalue weighted by Crippen LogP contribution is -2.25. The Labute approximate surface area is 215 Å². The Kier molecular flexibility index (Phi) is 9.94. The first-order valence-electron chi connectivity index (χ1n) is 12.9. The summed E-state index contributed by atoms with van der Waals surface area (Å²) in [5.74, 6) is 0.175. The van der Waals surface area contributed by atoms with Crippen LogP contribution in [-0.4, -0.2) is 61.1 Å². The van der Waals surface area contributed by atoms with E-state index < -0.39 is 0 Å². The van der Waals surface area contributed by atoms with E-state index in [1.54, 1.807) is 6.07 Å². The van der Waals surface area contributed by atoms with E-state index in [-0.39, 0.29) is 11.3 Å². The predicted molar refractivity (Wildman–Crippen MR) is 150 cm³/mol. The van der Waals surface area contributed by atoms with Gasteiger partial charge in [0.05, 0.1) is 11.4 Å². The molecule has 0 saturated heterocycles. The highest BCUT2D eigenvalue weighted by atomic mass is 16.3. The fourth-order valence-corrected chi connectivity index (χ4v) is 4.47. The van der Waals surface area contributed by atoms with E-state index in [4.69, 9.17) is 0 Å². The van der Waals surface area contributed by atoms with Crippen LogP contribution in [0.15, 0.2) is 59.4 Å². The summed E-state index contributed by atoms with van der Waals surface area (Å²) < 4.78 is 1.52. The van der Waals surface area contributed by atoms with Crippen LogP contribution in [0.25, 0.3) is 11.3 Å². The molecule has 1 aromatic heterocycles. The number of hydrogen-bond acceptors (Lipinski definition) is 6. The van der Waals surface area contributed by atoms with Crippen molar-refractivity contribution in [2.45, 2.75) is 45.7 Å². The molecule has 0 aliphatic carbocycles. The van der Waals surface area contributed by atoms with E-state index in [2.05, 4.69) is 60.2 Å². The van der Waals surface area contributed by atoms with Crippen LogP contribution in [0.2, 0.25) is 0 Å². The first-order valence-corrected chi connectivity index (χ1v) is 12.9. The molecule has 0 amide bonds. The van der Waals surface area contributed by atoms with Crippen LogP contribution >= 0.6 is 0 Å². The summed E-state index contributed by atoms with van der Waals surface area (Å²) in [6.45, 7) is 5.84. The molecule has 0 bridgehead atoms. The number of nitrogens with zero attached hydrogens (tertiary/aromatic N) is 5. The maximum absolute atomic E-state index is 12.4. The number of phenols is 1. The molecular weight excluding hydrogens is 450 g/mol. The van der Waals surface area contributed by atoms with Crippen molar-refractivity contribution in [2.24, 2.45) is 0 Å². The molecule has 0 radical (unpaired) electrons. The van der Waals surface area contributed by atoms with Crippen LogP contribution < -0.4 is 15.4 Å². The van der Waals surface area contributed by atoms with Gasteiger partial charge in [0.15, 0.2) is 0 Å². The highest BCUT2D eigenvalue weighted by Gasteiger charge is 2.13. The van der Waals surface area contributed by atoms with Gasteiger partial charge in [-0.15, -0.1) is 0 Å². The third kappa shape index (κ3) is 7.10. The molecular formula is C29H41N5O2. The molecule has 36 heavy (non-hydrogen) atoms. The van der Waals surface area contributed by atoms with Crippen LogP contribution in [0.1, 0.15) is 38.2 Å². The van der Waals surface area contributed by atoms with Gasteiger partial charge in [-0.2, -0.15) is 5.10 Å². The zero-order valence-corrected chi connectivity index (χ0v) is 22.4. The van der Waals surface area contributed by atoms with Gasteiger partial charge in [-0.05, 0) is 55.8 Å². The van der Waals surface area contributed by atoms with Crippen molar-refractivity contribution in [1.82, 2.24) is 14.7 Å². The SMILES string of the molecule is CCN(CCCCCCn1nc(-c2cccc(N(C)C)c2O)ccc1=O)Cc1ccccc1N(C)C. The van der Waals surface area contributed by atoms with E-state index >= 15 is 0 Å². The maximum Gasteiger partial charge on any atom is 0.266 e. The first-order chi connectivity index (χ1) is 17.3. The number of phenolic OH excluding ortho intramolecular Hbond substituents is 1. The molecule has 1 heterocycles. The van der Waals surface area contributed by atoms with Gasteiger partial charge in [0.2, 0.25) is 0 Å². The van der Waals surface area contributed by atoms with Crippen molar-refractivity contribution in [1.29, 1.82) is 0 Å². The maximum atomic E-state index is 12.4. The molecule has 194 valence electrons. The zero-order valence-electron chi connectivity index (χ0n) is 22.4. The molecule has 2 aromatic carbocycles. The molecule has 0 unspecified atom stereocenters. The van der Waals surface area contributed by atoms with Crippen LogP contribution in [0.4, 0.5) is 11.4 Å². The topological polar surface area (TPSA) is 64.8 Å². The van der Waals surface area contributed by atoms with Gasteiger partial charge >= 0.3 is 0 Å². The van der Waals surface area contributed by atoms with E-state index in [1.807, 2.05) is 37.2 Å².